The van der Waals surface area contributed by atoms with Crippen molar-refractivity contribution in [3.63, 3.8) is 0 Å². The molecule has 0 radical (unpaired) electrons. The second kappa shape index (κ2) is 7.57. The zero-order valence-corrected chi connectivity index (χ0v) is 13.3. The Morgan fingerprint density at radius 2 is 2.10 bits per heavy atom. The number of rotatable bonds is 5. The molecule has 0 aliphatic carbocycles. The molecule has 1 aromatic carbocycles. The Hall–Kier alpha value is -1.39. The monoisotopic (exact) mass is 290 g/mol. The van der Waals surface area contributed by atoms with Crippen molar-refractivity contribution in [3.05, 3.63) is 35.4 Å². The first-order valence-corrected chi connectivity index (χ1v) is 7.71. The van der Waals surface area contributed by atoms with Gasteiger partial charge in [-0.1, -0.05) is 26.0 Å². The van der Waals surface area contributed by atoms with Gasteiger partial charge in [0.25, 0.3) is 0 Å². The molecule has 1 saturated heterocycles. The zero-order chi connectivity index (χ0) is 15.2. The third-order valence-corrected chi connectivity index (χ3v) is 3.88. The molecule has 4 nitrogen and oxygen atoms in total. The quantitative estimate of drug-likeness (QED) is 0.845. The molecule has 1 aromatic rings. The minimum Gasteiger partial charge on any atom is -0.465 e. The molecule has 0 bridgehead atoms. The van der Waals surface area contributed by atoms with E-state index in [4.69, 9.17) is 4.74 Å². The largest absolute Gasteiger partial charge is 0.465 e. The highest BCUT2D eigenvalue weighted by atomic mass is 16.5. The van der Waals surface area contributed by atoms with Gasteiger partial charge >= 0.3 is 5.97 Å². The smallest absolute Gasteiger partial charge is 0.337 e. The highest BCUT2D eigenvalue weighted by Gasteiger charge is 2.20. The second-order valence-corrected chi connectivity index (χ2v) is 6.20. The molecular weight excluding hydrogens is 264 g/mol. The van der Waals surface area contributed by atoms with Gasteiger partial charge in [0, 0.05) is 32.2 Å². The van der Waals surface area contributed by atoms with Crippen LogP contribution in [0.3, 0.4) is 0 Å². The van der Waals surface area contributed by atoms with Gasteiger partial charge in [-0.15, -0.1) is 0 Å². The summed E-state index contributed by atoms with van der Waals surface area (Å²) in [5, 5.41) is 3.59. The lowest BCUT2D eigenvalue weighted by atomic mass is 10.0. The van der Waals surface area contributed by atoms with Crippen LogP contribution < -0.4 is 5.32 Å². The van der Waals surface area contributed by atoms with E-state index in [2.05, 4.69) is 24.1 Å². The molecule has 2 rings (SSSR count). The Morgan fingerprint density at radius 3 is 2.71 bits per heavy atom. The molecule has 1 heterocycles. The van der Waals surface area contributed by atoms with Crippen molar-refractivity contribution >= 4 is 5.97 Å². The first-order valence-electron chi connectivity index (χ1n) is 7.71. The van der Waals surface area contributed by atoms with Gasteiger partial charge in [-0.3, -0.25) is 4.90 Å². The van der Waals surface area contributed by atoms with Crippen LogP contribution in [-0.2, 0) is 11.3 Å². The number of hydrogen-bond acceptors (Lipinski definition) is 4. The van der Waals surface area contributed by atoms with Gasteiger partial charge < -0.3 is 10.1 Å². The summed E-state index contributed by atoms with van der Waals surface area (Å²) in [4.78, 5) is 13.9. The van der Waals surface area contributed by atoms with Gasteiger partial charge in [0.15, 0.2) is 0 Å². The molecule has 1 fully saturated rings. The summed E-state index contributed by atoms with van der Waals surface area (Å²) in [6.45, 7) is 8.71. The van der Waals surface area contributed by atoms with Gasteiger partial charge in [0.05, 0.1) is 12.7 Å². The minimum atomic E-state index is -0.277. The number of hydrogen-bond donors (Lipinski definition) is 1. The molecule has 21 heavy (non-hydrogen) atoms. The molecule has 0 aromatic heterocycles. The predicted octanol–water partition coefficient (Wildman–Crippen LogP) is 2.29. The highest BCUT2D eigenvalue weighted by Crippen LogP contribution is 2.13. The van der Waals surface area contributed by atoms with E-state index in [1.807, 2.05) is 24.3 Å². The van der Waals surface area contributed by atoms with Crippen molar-refractivity contribution in [2.24, 2.45) is 5.92 Å². The van der Waals surface area contributed by atoms with E-state index in [1.54, 1.807) is 0 Å². The molecule has 1 atom stereocenters. The van der Waals surface area contributed by atoms with E-state index in [-0.39, 0.29) is 5.97 Å². The summed E-state index contributed by atoms with van der Waals surface area (Å²) in [5.74, 6) is 0.447. The summed E-state index contributed by atoms with van der Waals surface area (Å²) in [6, 6.07) is 8.31. The van der Waals surface area contributed by atoms with Gasteiger partial charge in [-0.05, 0) is 30.0 Å². The van der Waals surface area contributed by atoms with E-state index in [9.17, 15) is 4.79 Å². The van der Waals surface area contributed by atoms with Crippen LogP contribution in [0, 0.1) is 5.92 Å². The zero-order valence-electron chi connectivity index (χ0n) is 13.3. The van der Waals surface area contributed by atoms with Crippen LogP contribution >= 0.6 is 0 Å². The van der Waals surface area contributed by atoms with Crippen LogP contribution in [0.5, 0.6) is 0 Å². The molecule has 0 saturated carbocycles. The van der Waals surface area contributed by atoms with Gasteiger partial charge in [0.1, 0.15) is 0 Å². The van der Waals surface area contributed by atoms with Crippen molar-refractivity contribution in [2.45, 2.75) is 32.9 Å². The fraction of sp³-hybridized carbons (Fsp3) is 0.588. The highest BCUT2D eigenvalue weighted by molar-refractivity contribution is 5.89. The lowest BCUT2D eigenvalue weighted by molar-refractivity contribution is 0.0600. The van der Waals surface area contributed by atoms with Crippen LogP contribution in [0.4, 0.5) is 0 Å². The van der Waals surface area contributed by atoms with E-state index in [0.29, 0.717) is 11.6 Å². The average Bonchev–Trinajstić information content (AvgIpc) is 2.47. The van der Waals surface area contributed by atoms with E-state index < -0.39 is 0 Å². The van der Waals surface area contributed by atoms with Crippen LogP contribution in [0.25, 0.3) is 0 Å². The summed E-state index contributed by atoms with van der Waals surface area (Å²) in [5.41, 5.74) is 1.85. The lowest BCUT2D eigenvalue weighted by Gasteiger charge is -2.34. The van der Waals surface area contributed by atoms with E-state index in [0.717, 1.165) is 32.1 Å². The molecule has 1 aliphatic heterocycles. The number of esters is 1. The Balaban J connectivity index is 1.90. The Bertz CT molecular complexity index is 456. The van der Waals surface area contributed by atoms with Crippen LogP contribution in [0.1, 0.15) is 36.2 Å². The molecule has 0 spiro atoms. The lowest BCUT2D eigenvalue weighted by Crippen LogP contribution is -2.50. The summed E-state index contributed by atoms with van der Waals surface area (Å²) < 4.78 is 4.72. The summed E-state index contributed by atoms with van der Waals surface area (Å²) in [6.07, 6.45) is 1.22. The Labute approximate surface area is 127 Å². The van der Waals surface area contributed by atoms with Crippen LogP contribution in [-0.4, -0.2) is 43.7 Å². The SMILES string of the molecule is COC(=O)c1ccc(CN2CCNC(CC(C)C)C2)cc1. The molecular formula is C17H26N2O2. The maximum atomic E-state index is 11.4. The molecule has 1 unspecified atom stereocenters. The number of nitrogens with one attached hydrogen (secondary N) is 1. The number of nitrogens with zero attached hydrogens (tertiary/aromatic N) is 1. The first-order chi connectivity index (χ1) is 10.1. The molecule has 1 N–H and O–H groups in total. The van der Waals surface area contributed by atoms with Crippen molar-refractivity contribution in [1.29, 1.82) is 0 Å². The summed E-state index contributed by atoms with van der Waals surface area (Å²) in [7, 11) is 1.41. The molecule has 1 aliphatic rings. The van der Waals surface area contributed by atoms with Crippen molar-refractivity contribution < 1.29 is 9.53 Å². The van der Waals surface area contributed by atoms with Gasteiger partial charge in [0.2, 0.25) is 0 Å². The first kappa shape index (κ1) is 16.0. The standard InChI is InChI=1S/C17H26N2O2/c1-13(2)10-16-12-19(9-8-18-16)11-14-4-6-15(7-5-14)17(20)21-3/h4-7,13,16,18H,8-12H2,1-3H3. The number of ether oxygens (including phenoxy) is 1. The van der Waals surface area contributed by atoms with Crippen molar-refractivity contribution in [2.75, 3.05) is 26.7 Å². The van der Waals surface area contributed by atoms with Crippen molar-refractivity contribution in [3.8, 4) is 0 Å². The fourth-order valence-electron chi connectivity index (χ4n) is 2.89. The molecule has 116 valence electrons. The van der Waals surface area contributed by atoms with Crippen LogP contribution in [0.15, 0.2) is 24.3 Å². The predicted molar refractivity (Wildman–Crippen MR) is 84.3 cm³/mol. The normalized spacial score (nSPS) is 19.7. The van der Waals surface area contributed by atoms with Gasteiger partial charge in [-0.2, -0.15) is 0 Å². The number of carbonyl (C=O) groups is 1. The summed E-state index contributed by atoms with van der Waals surface area (Å²) >= 11 is 0. The van der Waals surface area contributed by atoms with Gasteiger partial charge in [-0.25, -0.2) is 4.79 Å². The van der Waals surface area contributed by atoms with E-state index >= 15 is 0 Å². The fourth-order valence-corrected chi connectivity index (χ4v) is 2.89. The van der Waals surface area contributed by atoms with Crippen molar-refractivity contribution in [1.82, 2.24) is 10.2 Å². The number of benzene rings is 1. The molecule has 4 heteroatoms. The Kier molecular flexibility index (Phi) is 5.76. The molecule has 0 amide bonds. The second-order valence-electron chi connectivity index (χ2n) is 6.20. The third-order valence-electron chi connectivity index (χ3n) is 3.88. The van der Waals surface area contributed by atoms with Crippen LogP contribution in [0.2, 0.25) is 0 Å². The number of carbonyl (C=O) groups excluding carboxylic acids is 1. The third kappa shape index (κ3) is 4.83. The van der Waals surface area contributed by atoms with E-state index in [1.165, 1.54) is 19.1 Å². The number of methoxy groups -OCH3 is 1. The maximum Gasteiger partial charge on any atom is 0.337 e. The number of piperazine rings is 1. The topological polar surface area (TPSA) is 41.6 Å². The minimum absolute atomic E-state index is 0.277. The maximum absolute atomic E-state index is 11.4. The Morgan fingerprint density at radius 1 is 1.38 bits per heavy atom. The average molecular weight is 290 g/mol.